The molecule has 1 amide bonds. The molecule has 5 heteroatoms. The van der Waals surface area contributed by atoms with Crippen LogP contribution in [-0.4, -0.2) is 16.9 Å². The van der Waals surface area contributed by atoms with E-state index in [1.807, 2.05) is 13.8 Å². The lowest BCUT2D eigenvalue weighted by molar-refractivity contribution is -0.0120. The van der Waals surface area contributed by atoms with Gasteiger partial charge in [0, 0.05) is 6.04 Å². The molecule has 0 aliphatic heterocycles. The summed E-state index contributed by atoms with van der Waals surface area (Å²) in [6.45, 7) is 4.03. The van der Waals surface area contributed by atoms with Crippen molar-refractivity contribution in [1.29, 1.82) is 0 Å². The van der Waals surface area contributed by atoms with Gasteiger partial charge in [0.25, 0.3) is 5.91 Å². The Morgan fingerprint density at radius 1 is 1.22 bits per heavy atom. The molecule has 4 aliphatic carbocycles. The van der Waals surface area contributed by atoms with Crippen molar-refractivity contribution in [1.82, 2.24) is 10.3 Å². The average molecular weight is 317 g/mol. The molecular weight excluding hydrogens is 290 g/mol. The molecule has 1 unspecified atom stereocenters. The number of rotatable bonds is 4. The summed E-state index contributed by atoms with van der Waals surface area (Å²) < 4.78 is 5.42. The molecule has 5 nitrogen and oxygen atoms in total. The first-order valence-corrected chi connectivity index (χ1v) is 9.03. The van der Waals surface area contributed by atoms with Gasteiger partial charge in [-0.3, -0.25) is 4.79 Å². The quantitative estimate of drug-likeness (QED) is 0.894. The Balaban J connectivity index is 1.44. The largest absolute Gasteiger partial charge is 0.446 e. The van der Waals surface area contributed by atoms with Crippen LogP contribution in [0.4, 0.5) is 0 Å². The van der Waals surface area contributed by atoms with Gasteiger partial charge in [0.15, 0.2) is 5.69 Å². The maximum Gasteiger partial charge on any atom is 0.273 e. The fourth-order valence-electron chi connectivity index (χ4n) is 5.22. The molecule has 0 aromatic carbocycles. The molecule has 4 saturated carbocycles. The zero-order valence-corrected chi connectivity index (χ0v) is 14.0. The van der Waals surface area contributed by atoms with Crippen molar-refractivity contribution in [2.75, 3.05) is 0 Å². The third-order valence-electron chi connectivity index (χ3n) is 6.28. The van der Waals surface area contributed by atoms with Gasteiger partial charge >= 0.3 is 0 Å². The average Bonchev–Trinajstić information content (AvgIpc) is 2.99. The molecular formula is C18H27N3O2. The molecule has 4 bridgehead atoms. The number of carbonyl (C=O) groups is 1. The second kappa shape index (κ2) is 5.62. The van der Waals surface area contributed by atoms with Crippen LogP contribution in [0.1, 0.15) is 68.4 Å². The highest BCUT2D eigenvalue weighted by Crippen LogP contribution is 2.53. The molecule has 0 radical (unpaired) electrons. The predicted octanol–water partition coefficient (Wildman–Crippen LogP) is 2.88. The molecule has 1 aromatic heterocycles. The summed E-state index contributed by atoms with van der Waals surface area (Å²) >= 11 is 0. The minimum Gasteiger partial charge on any atom is -0.446 e. The standard InChI is InChI=1S/C18H27N3O2/c1-9(2)15(19)18-20-14(8-23-18)17(22)21-16-12-4-10-3-11(6-12)7-13(16)5-10/h8-13,15-16H,3-7,19H2,1-2H3,(H,21,22). The SMILES string of the molecule is CC(C)C(N)c1nc(C(=O)NC2C3CC4CC(C3)CC2C4)co1. The fourth-order valence-corrected chi connectivity index (χ4v) is 5.22. The van der Waals surface area contributed by atoms with E-state index in [1.54, 1.807) is 0 Å². The van der Waals surface area contributed by atoms with Gasteiger partial charge < -0.3 is 15.5 Å². The van der Waals surface area contributed by atoms with Crippen molar-refractivity contribution in [3.8, 4) is 0 Å². The summed E-state index contributed by atoms with van der Waals surface area (Å²) in [6, 6.07) is 0.0620. The zero-order chi connectivity index (χ0) is 16.1. The number of hydrogen-bond acceptors (Lipinski definition) is 4. The third kappa shape index (κ3) is 2.69. The first-order valence-electron chi connectivity index (χ1n) is 9.03. The van der Waals surface area contributed by atoms with Crippen LogP contribution in [0.2, 0.25) is 0 Å². The van der Waals surface area contributed by atoms with Crippen LogP contribution >= 0.6 is 0 Å². The van der Waals surface area contributed by atoms with E-state index in [1.165, 1.54) is 38.4 Å². The number of nitrogens with one attached hydrogen (secondary N) is 1. The van der Waals surface area contributed by atoms with Crippen molar-refractivity contribution in [3.63, 3.8) is 0 Å². The van der Waals surface area contributed by atoms with Crippen LogP contribution in [0.25, 0.3) is 0 Å². The molecule has 4 aliphatic rings. The van der Waals surface area contributed by atoms with Crippen LogP contribution in [0.15, 0.2) is 10.7 Å². The Hall–Kier alpha value is -1.36. The molecule has 0 saturated heterocycles. The number of oxazole rings is 1. The molecule has 1 atom stereocenters. The van der Waals surface area contributed by atoms with E-state index in [4.69, 9.17) is 10.2 Å². The van der Waals surface area contributed by atoms with E-state index in [-0.39, 0.29) is 17.9 Å². The highest BCUT2D eigenvalue weighted by molar-refractivity contribution is 5.92. The number of nitrogens with zero attached hydrogens (tertiary/aromatic N) is 1. The van der Waals surface area contributed by atoms with Crippen LogP contribution in [-0.2, 0) is 0 Å². The van der Waals surface area contributed by atoms with Crippen LogP contribution in [0, 0.1) is 29.6 Å². The monoisotopic (exact) mass is 317 g/mol. The number of nitrogens with two attached hydrogens (primary N) is 1. The lowest BCUT2D eigenvalue weighted by Gasteiger charge is -2.54. The number of amides is 1. The minimum atomic E-state index is -0.266. The van der Waals surface area contributed by atoms with E-state index in [0.29, 0.717) is 29.5 Å². The van der Waals surface area contributed by atoms with Gasteiger partial charge in [-0.1, -0.05) is 13.8 Å². The summed E-state index contributed by atoms with van der Waals surface area (Å²) in [4.78, 5) is 16.9. The van der Waals surface area contributed by atoms with Gasteiger partial charge in [-0.2, -0.15) is 0 Å². The van der Waals surface area contributed by atoms with E-state index < -0.39 is 0 Å². The van der Waals surface area contributed by atoms with Crippen LogP contribution in [0.5, 0.6) is 0 Å². The Morgan fingerprint density at radius 3 is 2.39 bits per heavy atom. The molecule has 23 heavy (non-hydrogen) atoms. The number of hydrogen-bond donors (Lipinski definition) is 2. The van der Waals surface area contributed by atoms with Gasteiger partial charge in [0.1, 0.15) is 6.26 Å². The maximum absolute atomic E-state index is 12.6. The van der Waals surface area contributed by atoms with E-state index in [0.717, 1.165) is 11.8 Å². The maximum atomic E-state index is 12.6. The summed E-state index contributed by atoms with van der Waals surface area (Å²) in [6.07, 6.45) is 8.04. The Morgan fingerprint density at radius 2 is 1.83 bits per heavy atom. The number of carbonyl (C=O) groups excluding carboxylic acids is 1. The van der Waals surface area contributed by atoms with Crippen molar-refractivity contribution in [3.05, 3.63) is 17.8 Å². The second-order valence-electron chi connectivity index (χ2n) is 8.27. The first-order chi connectivity index (χ1) is 11.0. The van der Waals surface area contributed by atoms with Crippen molar-refractivity contribution in [2.24, 2.45) is 35.3 Å². The zero-order valence-electron chi connectivity index (χ0n) is 14.0. The predicted molar refractivity (Wildman–Crippen MR) is 86.6 cm³/mol. The van der Waals surface area contributed by atoms with Gasteiger partial charge in [0.2, 0.25) is 5.89 Å². The summed E-state index contributed by atoms with van der Waals surface area (Å²) in [5, 5.41) is 3.26. The Labute approximate surface area is 137 Å². The topological polar surface area (TPSA) is 81.1 Å². The highest BCUT2D eigenvalue weighted by atomic mass is 16.3. The summed E-state index contributed by atoms with van der Waals surface area (Å²) in [5.74, 6) is 3.73. The fraction of sp³-hybridized carbons (Fsp3) is 0.778. The van der Waals surface area contributed by atoms with Crippen molar-refractivity contribution < 1.29 is 9.21 Å². The molecule has 3 N–H and O–H groups in total. The summed E-state index contributed by atoms with van der Waals surface area (Å²) in [5.41, 5.74) is 6.41. The van der Waals surface area contributed by atoms with Crippen LogP contribution in [0.3, 0.4) is 0 Å². The molecule has 126 valence electrons. The normalized spacial score (nSPS) is 36.4. The molecule has 0 spiro atoms. The van der Waals surface area contributed by atoms with Crippen molar-refractivity contribution >= 4 is 5.91 Å². The lowest BCUT2D eigenvalue weighted by Crippen LogP contribution is -2.55. The van der Waals surface area contributed by atoms with E-state index in [9.17, 15) is 4.79 Å². The highest BCUT2D eigenvalue weighted by Gasteiger charge is 2.48. The van der Waals surface area contributed by atoms with E-state index >= 15 is 0 Å². The smallest absolute Gasteiger partial charge is 0.273 e. The molecule has 4 fully saturated rings. The molecule has 1 aromatic rings. The number of aromatic nitrogens is 1. The minimum absolute atomic E-state index is 0.103. The lowest BCUT2D eigenvalue weighted by atomic mass is 9.54. The van der Waals surface area contributed by atoms with Gasteiger partial charge in [-0.15, -0.1) is 0 Å². The first kappa shape index (κ1) is 15.2. The van der Waals surface area contributed by atoms with Gasteiger partial charge in [-0.05, 0) is 61.7 Å². The van der Waals surface area contributed by atoms with Crippen LogP contribution < -0.4 is 11.1 Å². The molecule has 5 rings (SSSR count). The Bertz CT molecular complexity index is 567. The summed E-state index contributed by atoms with van der Waals surface area (Å²) in [7, 11) is 0. The molecule has 1 heterocycles. The third-order valence-corrected chi connectivity index (χ3v) is 6.28. The van der Waals surface area contributed by atoms with Gasteiger partial charge in [-0.25, -0.2) is 4.98 Å². The Kier molecular flexibility index (Phi) is 3.71. The second-order valence-corrected chi connectivity index (χ2v) is 8.27. The van der Waals surface area contributed by atoms with Gasteiger partial charge in [0.05, 0.1) is 6.04 Å². The van der Waals surface area contributed by atoms with E-state index in [2.05, 4.69) is 10.3 Å². The van der Waals surface area contributed by atoms with Crippen molar-refractivity contribution in [2.45, 2.75) is 58.0 Å².